The van der Waals surface area contributed by atoms with E-state index in [9.17, 15) is 23.7 Å². The van der Waals surface area contributed by atoms with Crippen LogP contribution in [0.1, 0.15) is 13.3 Å². The van der Waals surface area contributed by atoms with Gasteiger partial charge in [-0.1, -0.05) is 6.92 Å². The van der Waals surface area contributed by atoms with Gasteiger partial charge in [0.25, 0.3) is 0 Å². The Hall–Kier alpha value is -2.29. The second-order valence-electron chi connectivity index (χ2n) is 4.21. The lowest BCUT2D eigenvalue weighted by molar-refractivity contribution is -0.387. The van der Waals surface area contributed by atoms with Crippen molar-refractivity contribution < 1.29 is 23.2 Å². The van der Waals surface area contributed by atoms with E-state index in [1.54, 1.807) is 0 Å². The molecule has 1 aromatic carbocycles. The van der Waals surface area contributed by atoms with Crippen molar-refractivity contribution in [1.82, 2.24) is 5.32 Å². The van der Waals surface area contributed by atoms with Gasteiger partial charge < -0.3 is 15.8 Å². The number of nitrogens with zero attached hydrogens (tertiary/aromatic N) is 1. The molecule has 0 bridgehead atoms. The van der Waals surface area contributed by atoms with Crippen LogP contribution in [0.3, 0.4) is 0 Å². The fraction of sp³-hybridized carbons (Fsp3) is 0.417. The minimum Gasteiger partial charge on any atom is -0.488 e. The Balaban J connectivity index is 2.81. The van der Waals surface area contributed by atoms with Crippen molar-refractivity contribution in [3.05, 3.63) is 33.9 Å². The van der Waals surface area contributed by atoms with Crippen LogP contribution in [0.4, 0.5) is 14.5 Å². The standard InChI is InChI=1S/C12H15F2N3O4/c1-2-3-16-9(12(15)18)6-21-11-5-7(13)10(17(19)20)4-8(11)14/h4-5,9,16H,2-3,6H2,1H3,(H2,15,18). The average Bonchev–Trinajstić information content (AvgIpc) is 2.41. The molecule has 0 fully saturated rings. The molecule has 0 saturated heterocycles. The van der Waals surface area contributed by atoms with E-state index in [-0.39, 0.29) is 6.61 Å². The van der Waals surface area contributed by atoms with Gasteiger partial charge in [0.2, 0.25) is 11.7 Å². The summed E-state index contributed by atoms with van der Waals surface area (Å²) < 4.78 is 31.9. The van der Waals surface area contributed by atoms with Crippen molar-refractivity contribution >= 4 is 11.6 Å². The molecule has 0 saturated carbocycles. The van der Waals surface area contributed by atoms with Gasteiger partial charge in [0.1, 0.15) is 12.6 Å². The Morgan fingerprint density at radius 1 is 1.48 bits per heavy atom. The van der Waals surface area contributed by atoms with E-state index in [1.807, 2.05) is 6.92 Å². The van der Waals surface area contributed by atoms with E-state index in [2.05, 4.69) is 5.32 Å². The lowest BCUT2D eigenvalue weighted by Gasteiger charge is -2.16. The summed E-state index contributed by atoms with van der Waals surface area (Å²) >= 11 is 0. The molecule has 1 amide bonds. The minimum absolute atomic E-state index is 0.316. The topological polar surface area (TPSA) is 107 Å². The number of rotatable bonds is 8. The second-order valence-corrected chi connectivity index (χ2v) is 4.21. The highest BCUT2D eigenvalue weighted by Crippen LogP contribution is 2.26. The largest absolute Gasteiger partial charge is 0.488 e. The quantitative estimate of drug-likeness (QED) is 0.552. The lowest BCUT2D eigenvalue weighted by atomic mass is 10.2. The number of benzene rings is 1. The minimum atomic E-state index is -1.23. The second kappa shape index (κ2) is 7.48. The first-order valence-electron chi connectivity index (χ1n) is 6.15. The first-order valence-corrected chi connectivity index (χ1v) is 6.15. The Morgan fingerprint density at radius 2 is 2.14 bits per heavy atom. The normalized spacial score (nSPS) is 12.0. The van der Waals surface area contributed by atoms with Gasteiger partial charge in [-0.3, -0.25) is 14.9 Å². The molecule has 0 radical (unpaired) electrons. The van der Waals surface area contributed by atoms with Crippen LogP contribution < -0.4 is 15.8 Å². The van der Waals surface area contributed by atoms with Crippen molar-refractivity contribution in [3.8, 4) is 5.75 Å². The van der Waals surface area contributed by atoms with Crippen LogP contribution in [0.25, 0.3) is 0 Å². The molecule has 0 aliphatic rings. The van der Waals surface area contributed by atoms with Crippen LogP contribution in [0.15, 0.2) is 12.1 Å². The highest BCUT2D eigenvalue weighted by molar-refractivity contribution is 5.80. The first-order chi connectivity index (χ1) is 9.86. The van der Waals surface area contributed by atoms with Crippen molar-refractivity contribution in [2.45, 2.75) is 19.4 Å². The van der Waals surface area contributed by atoms with Crippen LogP contribution >= 0.6 is 0 Å². The van der Waals surface area contributed by atoms with E-state index in [0.717, 1.165) is 6.42 Å². The lowest BCUT2D eigenvalue weighted by Crippen LogP contribution is -2.45. The van der Waals surface area contributed by atoms with E-state index >= 15 is 0 Å². The zero-order valence-corrected chi connectivity index (χ0v) is 11.3. The van der Waals surface area contributed by atoms with Gasteiger partial charge in [-0.05, 0) is 13.0 Å². The summed E-state index contributed by atoms with van der Waals surface area (Å²) in [6.45, 7) is 2.05. The zero-order valence-electron chi connectivity index (χ0n) is 11.3. The number of amides is 1. The number of ether oxygens (including phenoxy) is 1. The summed E-state index contributed by atoms with van der Waals surface area (Å²) in [5.41, 5.74) is 4.14. The molecule has 3 N–H and O–H groups in total. The predicted molar refractivity (Wildman–Crippen MR) is 69.8 cm³/mol. The van der Waals surface area contributed by atoms with Crippen molar-refractivity contribution in [3.63, 3.8) is 0 Å². The fourth-order valence-corrected chi connectivity index (χ4v) is 1.50. The van der Waals surface area contributed by atoms with Crippen LogP contribution in [0, 0.1) is 21.7 Å². The maximum Gasteiger partial charge on any atom is 0.307 e. The molecule has 7 nitrogen and oxygen atoms in total. The molecule has 116 valence electrons. The first kappa shape index (κ1) is 16.8. The number of carbonyl (C=O) groups is 1. The SMILES string of the molecule is CCCNC(COc1cc(F)c([N+](=O)[O-])cc1F)C(N)=O. The maximum absolute atomic E-state index is 13.6. The third kappa shape index (κ3) is 4.63. The summed E-state index contributed by atoms with van der Waals surface area (Å²) in [4.78, 5) is 20.5. The van der Waals surface area contributed by atoms with E-state index in [0.29, 0.717) is 18.7 Å². The van der Waals surface area contributed by atoms with Gasteiger partial charge in [-0.25, -0.2) is 4.39 Å². The van der Waals surface area contributed by atoms with Crippen LogP contribution in [-0.4, -0.2) is 30.0 Å². The third-order valence-electron chi connectivity index (χ3n) is 2.59. The number of halogens is 2. The maximum atomic E-state index is 13.6. The third-order valence-corrected chi connectivity index (χ3v) is 2.59. The Morgan fingerprint density at radius 3 is 2.67 bits per heavy atom. The summed E-state index contributed by atoms with van der Waals surface area (Å²) in [6.07, 6.45) is 0.740. The molecule has 0 aliphatic heterocycles. The molecule has 0 heterocycles. The average molecular weight is 303 g/mol. The van der Waals surface area contributed by atoms with Gasteiger partial charge in [-0.2, -0.15) is 4.39 Å². The van der Waals surface area contributed by atoms with Gasteiger partial charge in [0.15, 0.2) is 11.6 Å². The summed E-state index contributed by atoms with van der Waals surface area (Å²) in [7, 11) is 0. The molecule has 0 spiro atoms. The van der Waals surface area contributed by atoms with Crippen LogP contribution in [0.2, 0.25) is 0 Å². The van der Waals surface area contributed by atoms with Gasteiger partial charge in [-0.15, -0.1) is 0 Å². The van der Waals surface area contributed by atoms with E-state index in [4.69, 9.17) is 10.5 Å². The van der Waals surface area contributed by atoms with Crippen LogP contribution in [-0.2, 0) is 4.79 Å². The number of nitrogens with one attached hydrogen (secondary N) is 1. The molecule has 0 aromatic heterocycles. The molecular weight excluding hydrogens is 288 g/mol. The summed E-state index contributed by atoms with van der Waals surface area (Å²) in [5, 5.41) is 13.2. The number of nitro groups is 1. The Labute approximate surface area is 119 Å². The molecular formula is C12H15F2N3O4. The highest BCUT2D eigenvalue weighted by Gasteiger charge is 2.21. The Bertz CT molecular complexity index is 539. The number of nitrogens with two attached hydrogens (primary N) is 1. The van der Waals surface area contributed by atoms with Gasteiger partial charge >= 0.3 is 5.69 Å². The van der Waals surface area contributed by atoms with E-state index in [1.165, 1.54) is 0 Å². The van der Waals surface area contributed by atoms with Crippen LogP contribution in [0.5, 0.6) is 5.75 Å². The van der Waals surface area contributed by atoms with Gasteiger partial charge in [0.05, 0.1) is 11.0 Å². The molecule has 9 heteroatoms. The van der Waals surface area contributed by atoms with Crippen molar-refractivity contribution in [2.24, 2.45) is 5.73 Å². The molecule has 1 rings (SSSR count). The van der Waals surface area contributed by atoms with Crippen molar-refractivity contribution in [2.75, 3.05) is 13.2 Å². The Kier molecular flexibility index (Phi) is 5.97. The molecule has 1 atom stereocenters. The smallest absolute Gasteiger partial charge is 0.307 e. The molecule has 1 unspecified atom stereocenters. The highest BCUT2D eigenvalue weighted by atomic mass is 19.1. The van der Waals surface area contributed by atoms with E-state index < -0.39 is 39.9 Å². The number of hydrogen-bond acceptors (Lipinski definition) is 5. The number of primary amides is 1. The summed E-state index contributed by atoms with van der Waals surface area (Å²) in [5.74, 6) is -3.55. The molecule has 1 aromatic rings. The number of carbonyl (C=O) groups excluding carboxylic acids is 1. The summed E-state index contributed by atoms with van der Waals surface area (Å²) in [6, 6.07) is 0.108. The number of hydrogen-bond donors (Lipinski definition) is 2. The monoisotopic (exact) mass is 303 g/mol. The van der Waals surface area contributed by atoms with Gasteiger partial charge in [0, 0.05) is 6.07 Å². The molecule has 21 heavy (non-hydrogen) atoms. The number of nitro benzene ring substituents is 1. The fourth-order valence-electron chi connectivity index (χ4n) is 1.50. The molecule has 0 aliphatic carbocycles. The zero-order chi connectivity index (χ0) is 16.0. The van der Waals surface area contributed by atoms with Crippen molar-refractivity contribution in [1.29, 1.82) is 0 Å². The predicted octanol–water partition coefficient (Wildman–Crippen LogP) is 1.11.